The number of benzene rings is 1. The Bertz CT molecular complexity index is 668. The summed E-state index contributed by atoms with van der Waals surface area (Å²) < 4.78 is 0. The van der Waals surface area contributed by atoms with E-state index in [0.717, 1.165) is 27.8 Å². The molecule has 1 N–H and O–H groups in total. The fourth-order valence-corrected chi connectivity index (χ4v) is 4.01. The number of carbonyl (C=O) groups is 1. The second-order valence-electron chi connectivity index (χ2n) is 6.70. The summed E-state index contributed by atoms with van der Waals surface area (Å²) in [4.78, 5) is 13.6. The van der Waals surface area contributed by atoms with Crippen LogP contribution in [0.1, 0.15) is 40.9 Å². The second-order valence-corrected chi connectivity index (χ2v) is 7.62. The second kappa shape index (κ2) is 5.54. The fourth-order valence-electron chi connectivity index (χ4n) is 3.19. The van der Waals surface area contributed by atoms with E-state index >= 15 is 0 Å². The highest BCUT2D eigenvalue weighted by atomic mass is 32.1. The molecule has 0 unspecified atom stereocenters. The molecular weight excluding hydrogens is 290 g/mol. The van der Waals surface area contributed by atoms with Crippen molar-refractivity contribution in [1.82, 2.24) is 5.32 Å². The summed E-state index contributed by atoms with van der Waals surface area (Å²) in [6, 6.07) is 10.9. The van der Waals surface area contributed by atoms with Crippen LogP contribution in [0.3, 0.4) is 0 Å². The molecular formula is C19H21NOS. The van der Waals surface area contributed by atoms with Crippen molar-refractivity contribution in [3.63, 3.8) is 0 Å². The van der Waals surface area contributed by atoms with E-state index in [0.29, 0.717) is 6.04 Å². The van der Waals surface area contributed by atoms with E-state index in [4.69, 9.17) is 0 Å². The summed E-state index contributed by atoms with van der Waals surface area (Å²) in [6.45, 7) is 2.08. The summed E-state index contributed by atoms with van der Waals surface area (Å²) >= 11 is 1.55. The molecule has 0 radical (unpaired) electrons. The maximum atomic E-state index is 12.7. The molecule has 3 heteroatoms. The molecule has 1 aromatic carbocycles. The Hall–Kier alpha value is -1.61. The van der Waals surface area contributed by atoms with Gasteiger partial charge in [0.15, 0.2) is 0 Å². The minimum absolute atomic E-state index is 0.120. The van der Waals surface area contributed by atoms with Gasteiger partial charge in [-0.25, -0.2) is 0 Å². The first-order chi connectivity index (χ1) is 10.7. The maximum Gasteiger partial charge on any atom is 0.262 e. The number of amides is 1. The van der Waals surface area contributed by atoms with Crippen LogP contribution >= 0.6 is 11.3 Å². The summed E-state index contributed by atoms with van der Waals surface area (Å²) in [5.74, 6) is 1.59. The average molecular weight is 311 g/mol. The number of thiophene rings is 1. The van der Waals surface area contributed by atoms with Gasteiger partial charge in [-0.05, 0) is 61.5 Å². The van der Waals surface area contributed by atoms with E-state index in [1.807, 2.05) is 5.38 Å². The SMILES string of the molecule is Cc1ccc(-c2ccsc2C(=O)NC(C2CC2)C2CC2)cc1. The highest BCUT2D eigenvalue weighted by molar-refractivity contribution is 7.12. The zero-order valence-corrected chi connectivity index (χ0v) is 13.7. The molecule has 114 valence electrons. The minimum atomic E-state index is 0.120. The molecule has 2 aromatic rings. The molecule has 1 aromatic heterocycles. The molecule has 1 heterocycles. The van der Waals surface area contributed by atoms with Gasteiger partial charge in [-0.3, -0.25) is 4.79 Å². The lowest BCUT2D eigenvalue weighted by Crippen LogP contribution is -2.37. The number of nitrogens with one attached hydrogen (secondary N) is 1. The molecule has 2 aliphatic rings. The number of carbonyl (C=O) groups excluding carboxylic acids is 1. The number of hydrogen-bond acceptors (Lipinski definition) is 2. The molecule has 2 fully saturated rings. The van der Waals surface area contributed by atoms with Crippen LogP contribution < -0.4 is 5.32 Å². The third kappa shape index (κ3) is 2.82. The van der Waals surface area contributed by atoms with E-state index in [2.05, 4.69) is 42.6 Å². The highest BCUT2D eigenvalue weighted by Gasteiger charge is 2.42. The molecule has 0 saturated heterocycles. The smallest absolute Gasteiger partial charge is 0.262 e. The lowest BCUT2D eigenvalue weighted by atomic mass is 10.0. The lowest BCUT2D eigenvalue weighted by Gasteiger charge is -2.17. The van der Waals surface area contributed by atoms with Gasteiger partial charge in [-0.1, -0.05) is 29.8 Å². The van der Waals surface area contributed by atoms with E-state index < -0.39 is 0 Å². The molecule has 4 rings (SSSR count). The van der Waals surface area contributed by atoms with Crippen LogP contribution in [0.5, 0.6) is 0 Å². The van der Waals surface area contributed by atoms with Gasteiger partial charge in [0.1, 0.15) is 0 Å². The third-order valence-corrected chi connectivity index (χ3v) is 5.70. The topological polar surface area (TPSA) is 29.1 Å². The predicted molar refractivity (Wildman–Crippen MR) is 91.2 cm³/mol. The Kier molecular flexibility index (Phi) is 3.53. The summed E-state index contributed by atoms with van der Waals surface area (Å²) in [5.41, 5.74) is 3.44. The standard InChI is InChI=1S/C19H21NOS/c1-12-2-4-13(5-3-12)16-10-11-22-18(16)19(21)20-17(14-6-7-14)15-8-9-15/h2-5,10-11,14-15,17H,6-9H2,1H3,(H,20,21). The maximum absolute atomic E-state index is 12.7. The highest BCUT2D eigenvalue weighted by Crippen LogP contribution is 2.44. The van der Waals surface area contributed by atoms with E-state index in [1.165, 1.54) is 31.2 Å². The molecule has 0 atom stereocenters. The van der Waals surface area contributed by atoms with Crippen molar-refractivity contribution in [3.05, 3.63) is 46.2 Å². The third-order valence-electron chi connectivity index (χ3n) is 4.79. The molecule has 2 nitrogen and oxygen atoms in total. The Balaban J connectivity index is 1.56. The van der Waals surface area contributed by atoms with Crippen molar-refractivity contribution in [2.75, 3.05) is 0 Å². The first-order valence-electron chi connectivity index (χ1n) is 8.18. The summed E-state index contributed by atoms with van der Waals surface area (Å²) in [7, 11) is 0. The molecule has 0 aliphatic heterocycles. The van der Waals surface area contributed by atoms with E-state index in [9.17, 15) is 4.79 Å². The monoisotopic (exact) mass is 311 g/mol. The Morgan fingerprint density at radius 2 is 1.73 bits per heavy atom. The fraction of sp³-hybridized carbons (Fsp3) is 0.421. The number of aryl methyl sites for hydroxylation is 1. The Labute approximate surface area is 135 Å². The van der Waals surface area contributed by atoms with Crippen LogP contribution in [0.25, 0.3) is 11.1 Å². The first-order valence-corrected chi connectivity index (χ1v) is 9.06. The van der Waals surface area contributed by atoms with E-state index in [-0.39, 0.29) is 5.91 Å². The quantitative estimate of drug-likeness (QED) is 0.856. The molecule has 22 heavy (non-hydrogen) atoms. The molecule has 0 spiro atoms. The van der Waals surface area contributed by atoms with Crippen LogP contribution in [-0.4, -0.2) is 11.9 Å². The van der Waals surface area contributed by atoms with Crippen molar-refractivity contribution in [2.24, 2.45) is 11.8 Å². The number of rotatable bonds is 5. The van der Waals surface area contributed by atoms with Crippen LogP contribution in [0.4, 0.5) is 0 Å². The van der Waals surface area contributed by atoms with Gasteiger partial charge in [0.25, 0.3) is 5.91 Å². The normalized spacial score (nSPS) is 17.7. The van der Waals surface area contributed by atoms with Gasteiger partial charge in [-0.15, -0.1) is 11.3 Å². The average Bonchev–Trinajstić information content (AvgIpc) is 3.44. The van der Waals surface area contributed by atoms with E-state index in [1.54, 1.807) is 11.3 Å². The molecule has 1 amide bonds. The molecule has 0 bridgehead atoms. The number of hydrogen-bond donors (Lipinski definition) is 1. The predicted octanol–water partition coefficient (Wildman–Crippen LogP) is 4.64. The van der Waals surface area contributed by atoms with Gasteiger partial charge in [0.05, 0.1) is 4.88 Å². The first kappa shape index (κ1) is 14.0. The summed E-state index contributed by atoms with van der Waals surface area (Å²) in [6.07, 6.45) is 5.15. The van der Waals surface area contributed by atoms with Gasteiger partial charge < -0.3 is 5.32 Å². The van der Waals surface area contributed by atoms with Crippen LogP contribution in [0.15, 0.2) is 35.7 Å². The zero-order valence-electron chi connectivity index (χ0n) is 12.8. The van der Waals surface area contributed by atoms with Gasteiger partial charge in [0.2, 0.25) is 0 Å². The van der Waals surface area contributed by atoms with Gasteiger partial charge >= 0.3 is 0 Å². The van der Waals surface area contributed by atoms with Crippen molar-refractivity contribution >= 4 is 17.2 Å². The van der Waals surface area contributed by atoms with Crippen molar-refractivity contribution in [1.29, 1.82) is 0 Å². The van der Waals surface area contributed by atoms with Crippen LogP contribution in [0.2, 0.25) is 0 Å². The Morgan fingerprint density at radius 1 is 1.09 bits per heavy atom. The van der Waals surface area contributed by atoms with Crippen molar-refractivity contribution in [3.8, 4) is 11.1 Å². The zero-order chi connectivity index (χ0) is 15.1. The molecule has 2 aliphatic carbocycles. The minimum Gasteiger partial charge on any atom is -0.348 e. The summed E-state index contributed by atoms with van der Waals surface area (Å²) in [5, 5.41) is 5.36. The Morgan fingerprint density at radius 3 is 2.32 bits per heavy atom. The largest absolute Gasteiger partial charge is 0.348 e. The van der Waals surface area contributed by atoms with Crippen molar-refractivity contribution in [2.45, 2.75) is 38.6 Å². The molecule has 2 saturated carbocycles. The van der Waals surface area contributed by atoms with Crippen molar-refractivity contribution < 1.29 is 4.79 Å². The lowest BCUT2D eigenvalue weighted by molar-refractivity contribution is 0.0931. The van der Waals surface area contributed by atoms with Gasteiger partial charge in [-0.2, -0.15) is 0 Å². The van der Waals surface area contributed by atoms with Crippen LogP contribution in [-0.2, 0) is 0 Å². The van der Waals surface area contributed by atoms with Gasteiger partial charge in [0, 0.05) is 11.6 Å². The van der Waals surface area contributed by atoms with Crippen LogP contribution in [0, 0.1) is 18.8 Å².